The van der Waals surface area contributed by atoms with E-state index in [0.717, 1.165) is 24.2 Å². The first-order valence-corrected chi connectivity index (χ1v) is 7.49. The molecule has 2 nitrogen and oxygen atoms in total. The normalized spacial score (nSPS) is 51.5. The molecule has 6 atom stereocenters. The summed E-state index contributed by atoms with van der Waals surface area (Å²) in [6, 6.07) is 0. The molecule has 2 bridgehead atoms. The maximum absolute atomic E-state index is 11.7. The van der Waals surface area contributed by atoms with Gasteiger partial charge in [-0.05, 0) is 62.2 Å². The maximum atomic E-state index is 11.7. The van der Waals surface area contributed by atoms with E-state index in [4.69, 9.17) is 4.74 Å². The quantitative estimate of drug-likeness (QED) is 0.552. The molecular formula is C16H22O2. The Morgan fingerprint density at radius 2 is 2.11 bits per heavy atom. The van der Waals surface area contributed by atoms with Crippen molar-refractivity contribution in [3.05, 3.63) is 12.2 Å². The van der Waals surface area contributed by atoms with Crippen LogP contribution < -0.4 is 0 Å². The average molecular weight is 246 g/mol. The number of carbonyl (C=O) groups is 1. The van der Waals surface area contributed by atoms with Gasteiger partial charge in [0, 0.05) is 11.5 Å². The Morgan fingerprint density at radius 3 is 2.89 bits per heavy atom. The van der Waals surface area contributed by atoms with Crippen LogP contribution in [0.5, 0.6) is 0 Å². The Morgan fingerprint density at radius 1 is 1.28 bits per heavy atom. The molecule has 4 aliphatic rings. The highest BCUT2D eigenvalue weighted by Crippen LogP contribution is 2.78. The fraction of sp³-hybridized carbons (Fsp3) is 0.812. The van der Waals surface area contributed by atoms with Crippen LogP contribution in [-0.4, -0.2) is 12.1 Å². The molecule has 98 valence electrons. The van der Waals surface area contributed by atoms with Crippen LogP contribution >= 0.6 is 0 Å². The first kappa shape index (κ1) is 11.1. The monoisotopic (exact) mass is 246 g/mol. The SMILES string of the molecule is C=C(C)C(=O)OC1CC2CC1C13CC1CCCC23. The number of hydrogen-bond acceptors (Lipinski definition) is 2. The molecule has 0 aromatic heterocycles. The fourth-order valence-corrected chi connectivity index (χ4v) is 5.75. The standard InChI is InChI=1S/C16H22O2/c1-9(2)15(17)18-14-7-10-6-13(14)16-8-11(16)4-3-5-12(10)16/h10-14H,1,3-8H2,2H3. The Balaban J connectivity index is 1.54. The predicted octanol–water partition coefficient (Wildman–Crippen LogP) is 3.32. The van der Waals surface area contributed by atoms with Gasteiger partial charge in [0.05, 0.1) is 0 Å². The van der Waals surface area contributed by atoms with Gasteiger partial charge in [-0.3, -0.25) is 0 Å². The van der Waals surface area contributed by atoms with Crippen LogP contribution in [0, 0.1) is 29.1 Å². The second-order valence-electron chi connectivity index (χ2n) is 7.11. The molecule has 0 aliphatic heterocycles. The lowest BCUT2D eigenvalue weighted by Crippen LogP contribution is -2.38. The van der Waals surface area contributed by atoms with Crippen LogP contribution in [0.15, 0.2) is 12.2 Å². The summed E-state index contributed by atoms with van der Waals surface area (Å²) in [5.74, 6) is 3.30. The predicted molar refractivity (Wildman–Crippen MR) is 68.8 cm³/mol. The third kappa shape index (κ3) is 1.22. The van der Waals surface area contributed by atoms with E-state index in [1.165, 1.54) is 32.1 Å². The maximum Gasteiger partial charge on any atom is 0.333 e. The van der Waals surface area contributed by atoms with Crippen molar-refractivity contribution in [1.82, 2.24) is 0 Å². The molecule has 6 unspecified atom stereocenters. The van der Waals surface area contributed by atoms with Gasteiger partial charge in [-0.25, -0.2) is 4.79 Å². The zero-order chi connectivity index (χ0) is 12.5. The summed E-state index contributed by atoms with van der Waals surface area (Å²) in [4.78, 5) is 11.7. The third-order valence-corrected chi connectivity index (χ3v) is 6.36. The van der Waals surface area contributed by atoms with Crippen molar-refractivity contribution in [3.63, 3.8) is 0 Å². The van der Waals surface area contributed by atoms with Crippen molar-refractivity contribution in [2.75, 3.05) is 0 Å². The molecule has 0 N–H and O–H groups in total. The van der Waals surface area contributed by atoms with Gasteiger partial charge in [0.1, 0.15) is 6.10 Å². The summed E-state index contributed by atoms with van der Waals surface area (Å²) < 4.78 is 5.71. The Hall–Kier alpha value is -0.790. The number of rotatable bonds is 2. The largest absolute Gasteiger partial charge is 0.459 e. The van der Waals surface area contributed by atoms with Crippen molar-refractivity contribution in [2.24, 2.45) is 29.1 Å². The molecule has 1 spiro atoms. The van der Waals surface area contributed by atoms with Gasteiger partial charge in [0.15, 0.2) is 0 Å². The fourth-order valence-electron chi connectivity index (χ4n) is 5.75. The number of ether oxygens (including phenoxy) is 1. The minimum absolute atomic E-state index is 0.173. The van der Waals surface area contributed by atoms with Crippen LogP contribution in [0.1, 0.15) is 45.4 Å². The van der Waals surface area contributed by atoms with Gasteiger partial charge in [-0.15, -0.1) is 0 Å². The number of esters is 1. The van der Waals surface area contributed by atoms with Crippen molar-refractivity contribution in [1.29, 1.82) is 0 Å². The molecule has 18 heavy (non-hydrogen) atoms. The minimum Gasteiger partial charge on any atom is -0.459 e. The van der Waals surface area contributed by atoms with Crippen LogP contribution in [0.4, 0.5) is 0 Å². The molecular weight excluding hydrogens is 224 g/mol. The molecule has 0 aromatic carbocycles. The van der Waals surface area contributed by atoms with Gasteiger partial charge >= 0.3 is 5.97 Å². The summed E-state index contributed by atoms with van der Waals surface area (Å²) in [5, 5.41) is 0. The van der Waals surface area contributed by atoms with Gasteiger partial charge in [0.2, 0.25) is 0 Å². The van der Waals surface area contributed by atoms with Crippen molar-refractivity contribution in [2.45, 2.75) is 51.6 Å². The lowest BCUT2D eigenvalue weighted by molar-refractivity contribution is -0.149. The number of hydrogen-bond donors (Lipinski definition) is 0. The van der Waals surface area contributed by atoms with Gasteiger partial charge < -0.3 is 4.74 Å². The minimum atomic E-state index is -0.173. The van der Waals surface area contributed by atoms with Gasteiger partial charge in [-0.1, -0.05) is 13.0 Å². The van der Waals surface area contributed by atoms with E-state index in [0.29, 0.717) is 16.9 Å². The third-order valence-electron chi connectivity index (χ3n) is 6.36. The lowest BCUT2D eigenvalue weighted by Gasteiger charge is -2.39. The molecule has 4 fully saturated rings. The van der Waals surface area contributed by atoms with E-state index in [9.17, 15) is 4.79 Å². The van der Waals surface area contributed by atoms with Crippen molar-refractivity contribution < 1.29 is 9.53 Å². The molecule has 2 heteroatoms. The highest BCUT2D eigenvalue weighted by molar-refractivity contribution is 5.87. The zero-order valence-electron chi connectivity index (χ0n) is 11.2. The summed E-state index contributed by atoms with van der Waals surface area (Å²) in [5.41, 5.74) is 1.16. The Bertz CT molecular complexity index is 427. The van der Waals surface area contributed by atoms with E-state index in [1.54, 1.807) is 6.92 Å². The van der Waals surface area contributed by atoms with Gasteiger partial charge in [0.25, 0.3) is 0 Å². The highest BCUT2D eigenvalue weighted by Gasteiger charge is 2.73. The molecule has 4 saturated carbocycles. The van der Waals surface area contributed by atoms with Crippen LogP contribution in [0.25, 0.3) is 0 Å². The summed E-state index contributed by atoms with van der Waals surface area (Å²) in [6.07, 6.45) is 8.41. The van der Waals surface area contributed by atoms with E-state index >= 15 is 0 Å². The smallest absolute Gasteiger partial charge is 0.333 e. The second-order valence-corrected chi connectivity index (χ2v) is 7.11. The number of carbonyl (C=O) groups excluding carboxylic acids is 1. The molecule has 0 amide bonds. The summed E-state index contributed by atoms with van der Waals surface area (Å²) >= 11 is 0. The Kier molecular flexibility index (Phi) is 2.09. The Labute approximate surface area is 109 Å². The molecule has 0 heterocycles. The summed E-state index contributed by atoms with van der Waals surface area (Å²) in [6.45, 7) is 5.44. The summed E-state index contributed by atoms with van der Waals surface area (Å²) in [7, 11) is 0. The zero-order valence-corrected chi connectivity index (χ0v) is 11.2. The van der Waals surface area contributed by atoms with E-state index in [2.05, 4.69) is 6.58 Å². The van der Waals surface area contributed by atoms with E-state index in [-0.39, 0.29) is 12.1 Å². The van der Waals surface area contributed by atoms with Crippen LogP contribution in [0.2, 0.25) is 0 Å². The van der Waals surface area contributed by atoms with Crippen molar-refractivity contribution >= 4 is 5.97 Å². The first-order chi connectivity index (χ1) is 8.63. The molecule has 0 radical (unpaired) electrons. The topological polar surface area (TPSA) is 26.3 Å². The van der Waals surface area contributed by atoms with Crippen LogP contribution in [-0.2, 0) is 9.53 Å². The van der Waals surface area contributed by atoms with E-state index in [1.807, 2.05) is 0 Å². The van der Waals surface area contributed by atoms with Gasteiger partial charge in [-0.2, -0.15) is 0 Å². The van der Waals surface area contributed by atoms with Crippen molar-refractivity contribution in [3.8, 4) is 0 Å². The second kappa shape index (κ2) is 3.40. The molecule has 0 saturated heterocycles. The average Bonchev–Trinajstić information content (AvgIpc) is 2.82. The lowest BCUT2D eigenvalue weighted by atomic mass is 9.68. The number of fused-ring (bicyclic) bond motifs is 3. The van der Waals surface area contributed by atoms with Crippen LogP contribution in [0.3, 0.4) is 0 Å². The van der Waals surface area contributed by atoms with E-state index < -0.39 is 0 Å². The first-order valence-electron chi connectivity index (χ1n) is 7.49. The highest BCUT2D eigenvalue weighted by atomic mass is 16.5. The molecule has 4 aliphatic carbocycles. The molecule has 0 aromatic rings. The molecule has 4 rings (SSSR count).